The number of nitrogens with zero attached hydrogens (tertiary/aromatic N) is 3. The molecule has 3 aromatic carbocycles. The molecule has 0 N–H and O–H groups in total. The lowest BCUT2D eigenvalue weighted by Gasteiger charge is -2.28. The van der Waals surface area contributed by atoms with Crippen molar-refractivity contribution in [1.82, 2.24) is 4.57 Å². The van der Waals surface area contributed by atoms with Gasteiger partial charge in [-0.1, -0.05) is 110 Å². The quantitative estimate of drug-likeness (QED) is 0.184. The number of rotatable bonds is 8. The van der Waals surface area contributed by atoms with E-state index in [0.29, 0.717) is 0 Å². The second-order valence-electron chi connectivity index (χ2n) is 12.3. The van der Waals surface area contributed by atoms with Crippen LogP contribution < -0.4 is 0 Å². The van der Waals surface area contributed by atoms with Crippen LogP contribution in [-0.4, -0.2) is 16.1 Å². The summed E-state index contributed by atoms with van der Waals surface area (Å²) in [6.07, 6.45) is 28.4. The Hall–Kier alpha value is -4.76. The molecule has 3 aliphatic rings. The van der Waals surface area contributed by atoms with Crippen molar-refractivity contribution < 1.29 is 0 Å². The highest BCUT2D eigenvalue weighted by atomic mass is 15.0. The third-order valence-corrected chi connectivity index (χ3v) is 9.27. The van der Waals surface area contributed by atoms with Crippen LogP contribution in [0.3, 0.4) is 0 Å². The highest BCUT2D eigenvalue weighted by Gasteiger charge is 2.30. The van der Waals surface area contributed by atoms with Crippen molar-refractivity contribution in [3.8, 4) is 5.69 Å². The van der Waals surface area contributed by atoms with E-state index >= 15 is 0 Å². The Bertz CT molecular complexity index is 1920. The van der Waals surface area contributed by atoms with E-state index in [1.165, 1.54) is 33.2 Å². The van der Waals surface area contributed by atoms with Crippen LogP contribution in [0.4, 0.5) is 0 Å². The molecule has 0 radical (unpaired) electrons. The van der Waals surface area contributed by atoms with Crippen LogP contribution in [0, 0.1) is 5.92 Å². The Balaban J connectivity index is 1.24. The molecule has 0 fully saturated rings. The first kappa shape index (κ1) is 29.0. The number of aromatic nitrogens is 1. The zero-order chi connectivity index (χ0) is 30.6. The molecule has 0 saturated heterocycles. The third-order valence-electron chi connectivity index (χ3n) is 9.27. The lowest BCUT2D eigenvalue weighted by Crippen LogP contribution is -2.26. The number of aryl methyl sites for hydroxylation is 2. The topological polar surface area (TPSA) is 29.6 Å². The standard InChI is InChI=1S/C42H41N3/c1-3-4-5-6-8-14-31-21-23-33(24-22-31)39-30(2)40(44-42(43-39)35-16-9-7-10-17-35)36-18-13-19-37(29-36)45-28-27-34-26-25-32-15-11-12-20-38(32)41(34)45/h3-6,9,12-13,16-30,39H,7-8,10-11,14-15H2,1-2H3/b4-3-,6-5-. The van der Waals surface area contributed by atoms with Crippen molar-refractivity contribution in [3.05, 3.63) is 155 Å². The molecular weight excluding hydrogens is 546 g/mol. The van der Waals surface area contributed by atoms with E-state index in [9.17, 15) is 0 Å². The van der Waals surface area contributed by atoms with Gasteiger partial charge >= 0.3 is 0 Å². The Kier molecular flexibility index (Phi) is 8.42. The van der Waals surface area contributed by atoms with E-state index in [2.05, 4.69) is 139 Å². The van der Waals surface area contributed by atoms with Gasteiger partial charge in [0.25, 0.3) is 0 Å². The summed E-state index contributed by atoms with van der Waals surface area (Å²) in [7, 11) is 0. The van der Waals surface area contributed by atoms with Gasteiger partial charge in [-0.15, -0.1) is 0 Å². The van der Waals surface area contributed by atoms with Crippen molar-refractivity contribution in [2.24, 2.45) is 15.9 Å². The molecule has 2 aliphatic carbocycles. The monoisotopic (exact) mass is 587 g/mol. The first-order chi connectivity index (χ1) is 22.2. The third kappa shape index (κ3) is 6.00. The molecule has 45 heavy (non-hydrogen) atoms. The largest absolute Gasteiger partial charge is 0.316 e. The fourth-order valence-electron chi connectivity index (χ4n) is 6.84. The molecule has 224 valence electrons. The molecule has 2 heterocycles. The Labute approximate surface area is 267 Å². The van der Waals surface area contributed by atoms with Crippen LogP contribution in [0.5, 0.6) is 0 Å². The van der Waals surface area contributed by atoms with Crippen molar-refractivity contribution in [2.75, 3.05) is 0 Å². The van der Waals surface area contributed by atoms with E-state index < -0.39 is 0 Å². The molecule has 0 amide bonds. The van der Waals surface area contributed by atoms with Gasteiger partial charge in [0.05, 0.1) is 17.3 Å². The highest BCUT2D eigenvalue weighted by molar-refractivity contribution is 6.16. The van der Waals surface area contributed by atoms with Crippen LogP contribution in [0.15, 0.2) is 137 Å². The molecule has 1 aromatic heterocycles. The van der Waals surface area contributed by atoms with Gasteiger partial charge in [-0.3, -0.25) is 4.99 Å². The van der Waals surface area contributed by atoms with E-state index in [1.807, 2.05) is 6.92 Å². The van der Waals surface area contributed by atoms with Gasteiger partial charge in [0, 0.05) is 34.3 Å². The zero-order valence-electron chi connectivity index (χ0n) is 26.4. The molecular formula is C42H41N3. The van der Waals surface area contributed by atoms with Crippen molar-refractivity contribution in [3.63, 3.8) is 0 Å². The first-order valence-corrected chi connectivity index (χ1v) is 16.5. The number of allylic oxidation sites excluding steroid dienone is 7. The first-order valence-electron chi connectivity index (χ1n) is 16.5. The number of hydrogen-bond acceptors (Lipinski definition) is 2. The fourth-order valence-corrected chi connectivity index (χ4v) is 6.84. The van der Waals surface area contributed by atoms with Crippen LogP contribution in [0.2, 0.25) is 0 Å². The minimum atomic E-state index is 0.000541. The maximum atomic E-state index is 5.30. The maximum Gasteiger partial charge on any atom is 0.155 e. The number of amidine groups is 1. The average Bonchev–Trinajstić information content (AvgIpc) is 3.54. The minimum absolute atomic E-state index is 0.000541. The summed E-state index contributed by atoms with van der Waals surface area (Å²) in [6, 6.07) is 24.8. The lowest BCUT2D eigenvalue weighted by molar-refractivity contribution is 0.591. The van der Waals surface area contributed by atoms with Gasteiger partial charge in [-0.2, -0.15) is 0 Å². The molecule has 0 spiro atoms. The van der Waals surface area contributed by atoms with E-state index in [-0.39, 0.29) is 12.0 Å². The molecule has 3 heteroatoms. The number of benzene rings is 3. The summed E-state index contributed by atoms with van der Waals surface area (Å²) in [6.45, 7) is 4.33. The number of fused-ring (bicyclic) bond motifs is 3. The molecule has 3 nitrogen and oxygen atoms in total. The smallest absolute Gasteiger partial charge is 0.155 e. The van der Waals surface area contributed by atoms with Crippen molar-refractivity contribution in [1.29, 1.82) is 0 Å². The van der Waals surface area contributed by atoms with Gasteiger partial charge in [0.1, 0.15) is 0 Å². The van der Waals surface area contributed by atoms with E-state index in [4.69, 9.17) is 9.98 Å². The molecule has 4 aromatic rings. The molecule has 1 aliphatic heterocycles. The van der Waals surface area contributed by atoms with Crippen molar-refractivity contribution >= 4 is 28.5 Å². The number of aliphatic imine (C=N–C) groups is 2. The maximum absolute atomic E-state index is 5.30. The lowest BCUT2D eigenvalue weighted by atomic mass is 9.85. The molecule has 0 bridgehead atoms. The summed E-state index contributed by atoms with van der Waals surface area (Å²) >= 11 is 0. The number of hydrogen-bond donors (Lipinski definition) is 0. The van der Waals surface area contributed by atoms with Crippen LogP contribution >= 0.6 is 0 Å². The van der Waals surface area contributed by atoms with Crippen molar-refractivity contribution in [2.45, 2.75) is 58.4 Å². The van der Waals surface area contributed by atoms with Gasteiger partial charge in [0.2, 0.25) is 0 Å². The van der Waals surface area contributed by atoms with Crippen LogP contribution in [-0.2, 0) is 12.8 Å². The normalized spacial score (nSPS) is 19.6. The summed E-state index contributed by atoms with van der Waals surface area (Å²) in [4.78, 5) is 10.6. The second-order valence-corrected chi connectivity index (χ2v) is 12.3. The zero-order valence-corrected chi connectivity index (χ0v) is 26.4. The molecule has 2 unspecified atom stereocenters. The summed E-state index contributed by atoms with van der Waals surface area (Å²) in [5, 5.41) is 1.27. The minimum Gasteiger partial charge on any atom is -0.316 e. The summed E-state index contributed by atoms with van der Waals surface area (Å²) < 4.78 is 2.35. The summed E-state index contributed by atoms with van der Waals surface area (Å²) in [5.74, 6) is 0.974. The highest BCUT2D eigenvalue weighted by Crippen LogP contribution is 2.36. The molecule has 7 rings (SSSR count). The van der Waals surface area contributed by atoms with Gasteiger partial charge in [-0.05, 0) is 85.9 Å². The SMILES string of the molecule is C/C=C\C=C/CCc1ccc(C2N=C(C3=CCCC=C3)N=C(c3cccc(-n4ccc5ccc6c(c54)C=CCC6)c3)C2C)cc1. The van der Waals surface area contributed by atoms with Gasteiger partial charge < -0.3 is 4.57 Å². The van der Waals surface area contributed by atoms with E-state index in [1.54, 1.807) is 0 Å². The van der Waals surface area contributed by atoms with Crippen LogP contribution in [0.1, 0.15) is 73.4 Å². The fraction of sp³-hybridized carbons (Fsp3) is 0.238. The van der Waals surface area contributed by atoms with E-state index in [0.717, 1.165) is 66.9 Å². The summed E-state index contributed by atoms with van der Waals surface area (Å²) in [5.41, 5.74) is 11.2. The Morgan fingerprint density at radius 1 is 0.911 bits per heavy atom. The Morgan fingerprint density at radius 2 is 1.80 bits per heavy atom. The Morgan fingerprint density at radius 3 is 2.64 bits per heavy atom. The predicted molar refractivity (Wildman–Crippen MR) is 192 cm³/mol. The second kappa shape index (κ2) is 13.1. The molecule has 0 saturated carbocycles. The van der Waals surface area contributed by atoms with Crippen LogP contribution in [0.25, 0.3) is 22.7 Å². The average molecular weight is 588 g/mol. The predicted octanol–water partition coefficient (Wildman–Crippen LogP) is 10.5. The molecule has 2 atom stereocenters. The van der Waals surface area contributed by atoms with Gasteiger partial charge in [0.15, 0.2) is 5.84 Å². The van der Waals surface area contributed by atoms with Gasteiger partial charge in [-0.25, -0.2) is 4.99 Å².